The van der Waals surface area contributed by atoms with Crippen LogP contribution in [0.4, 0.5) is 0 Å². The number of nitrogens with zero attached hydrogens (tertiary/aromatic N) is 3. The fourth-order valence-corrected chi connectivity index (χ4v) is 7.23. The zero-order chi connectivity index (χ0) is 22.8. The Kier molecular flexibility index (Phi) is 6.72. The summed E-state index contributed by atoms with van der Waals surface area (Å²) in [5.41, 5.74) is 10.2. The number of benzene rings is 1. The van der Waals surface area contributed by atoms with Crippen molar-refractivity contribution >= 4 is 51.5 Å². The maximum atomic E-state index is 13.6. The van der Waals surface area contributed by atoms with E-state index >= 15 is 0 Å². The van der Waals surface area contributed by atoms with Crippen molar-refractivity contribution in [1.29, 1.82) is 0 Å². The number of nitrogens with two attached hydrogens (primary N) is 1. The summed E-state index contributed by atoms with van der Waals surface area (Å²) in [6.07, 6.45) is 2.08. The van der Waals surface area contributed by atoms with Crippen LogP contribution >= 0.6 is 35.6 Å². The molecule has 1 amide bonds. The van der Waals surface area contributed by atoms with Gasteiger partial charge in [0.15, 0.2) is 0 Å². The standard InChI is InChI=1S/C22H24Cl2N4O3S.ClH/c1-12-17(9-25)20(16-5-2-13(23)8-18(16)24)21-19(26-12)11-28(22(21)29)14-6-7-27(10-14)32(30,31)15-3-4-15;/h2,5,8,14-15H,3-4,6-7,9-11,25H2,1H3;1H/t14-;/m0./s1. The first-order valence-corrected chi connectivity index (χ1v) is 13.0. The lowest BCUT2D eigenvalue weighted by Gasteiger charge is -2.24. The van der Waals surface area contributed by atoms with E-state index in [1.54, 1.807) is 27.4 Å². The van der Waals surface area contributed by atoms with Crippen LogP contribution in [-0.2, 0) is 23.1 Å². The Labute approximate surface area is 209 Å². The van der Waals surface area contributed by atoms with Crippen molar-refractivity contribution in [1.82, 2.24) is 14.2 Å². The Morgan fingerprint density at radius 1 is 1.18 bits per heavy atom. The van der Waals surface area contributed by atoms with Gasteiger partial charge in [-0.3, -0.25) is 9.78 Å². The minimum atomic E-state index is -3.26. The molecule has 2 aromatic rings. The lowest BCUT2D eigenvalue weighted by atomic mass is 9.93. The number of carbonyl (C=O) groups is 1. The first-order chi connectivity index (χ1) is 15.2. The Morgan fingerprint density at radius 3 is 2.55 bits per heavy atom. The number of amides is 1. The summed E-state index contributed by atoms with van der Waals surface area (Å²) in [5.74, 6) is -0.154. The Hall–Kier alpha value is -1.42. The molecule has 0 unspecified atom stereocenters. The third-order valence-electron chi connectivity index (χ3n) is 6.65. The summed E-state index contributed by atoms with van der Waals surface area (Å²) < 4.78 is 26.9. The SMILES string of the molecule is Cc1nc2c(c(-c3ccc(Cl)cc3Cl)c1CN)C(=O)N([C@H]1CCN(S(=O)(=O)C3CC3)C1)C2.Cl. The Balaban J connectivity index is 0.00000259. The van der Waals surface area contributed by atoms with Crippen molar-refractivity contribution in [2.75, 3.05) is 13.1 Å². The van der Waals surface area contributed by atoms with Gasteiger partial charge in [0.05, 0.1) is 23.1 Å². The highest BCUT2D eigenvalue weighted by Gasteiger charge is 2.46. The molecule has 3 aliphatic rings. The first-order valence-electron chi connectivity index (χ1n) is 10.7. The molecule has 1 saturated carbocycles. The van der Waals surface area contributed by atoms with Crippen molar-refractivity contribution < 1.29 is 13.2 Å². The van der Waals surface area contributed by atoms with Crippen LogP contribution in [0.5, 0.6) is 0 Å². The van der Waals surface area contributed by atoms with E-state index in [2.05, 4.69) is 0 Å². The number of hydrogen-bond donors (Lipinski definition) is 1. The quantitative estimate of drug-likeness (QED) is 0.634. The minimum Gasteiger partial charge on any atom is -0.328 e. The molecule has 33 heavy (non-hydrogen) atoms. The average molecular weight is 532 g/mol. The molecule has 1 aromatic heterocycles. The van der Waals surface area contributed by atoms with Crippen LogP contribution in [0.2, 0.25) is 10.0 Å². The number of pyridine rings is 1. The number of aryl methyl sites for hydroxylation is 1. The molecule has 11 heteroatoms. The van der Waals surface area contributed by atoms with Gasteiger partial charge in [-0.05, 0) is 43.9 Å². The van der Waals surface area contributed by atoms with Gasteiger partial charge in [0.1, 0.15) is 0 Å². The van der Waals surface area contributed by atoms with Crippen molar-refractivity contribution in [3.63, 3.8) is 0 Å². The van der Waals surface area contributed by atoms with E-state index in [-0.39, 0.29) is 36.2 Å². The van der Waals surface area contributed by atoms with Crippen LogP contribution in [0.1, 0.15) is 46.6 Å². The van der Waals surface area contributed by atoms with E-state index in [1.807, 2.05) is 6.92 Å². The van der Waals surface area contributed by atoms with Gasteiger partial charge in [0, 0.05) is 52.5 Å². The molecule has 0 radical (unpaired) electrons. The molecule has 1 aromatic carbocycles. The molecule has 2 fully saturated rings. The van der Waals surface area contributed by atoms with E-state index in [1.165, 1.54) is 0 Å². The van der Waals surface area contributed by atoms with E-state index in [0.29, 0.717) is 58.5 Å². The average Bonchev–Trinajstić information content (AvgIpc) is 3.40. The molecule has 1 saturated heterocycles. The van der Waals surface area contributed by atoms with Gasteiger partial charge >= 0.3 is 0 Å². The molecule has 0 bridgehead atoms. The topological polar surface area (TPSA) is 96.6 Å². The number of carbonyl (C=O) groups excluding carboxylic acids is 1. The second-order valence-electron chi connectivity index (χ2n) is 8.68. The summed E-state index contributed by atoms with van der Waals surface area (Å²) in [6.45, 7) is 3.21. The zero-order valence-corrected chi connectivity index (χ0v) is 21.2. The fraction of sp³-hybridized carbons (Fsp3) is 0.455. The molecule has 3 heterocycles. The number of sulfonamides is 1. The van der Waals surface area contributed by atoms with Crippen LogP contribution in [0.3, 0.4) is 0 Å². The van der Waals surface area contributed by atoms with Crippen molar-refractivity contribution in [3.05, 3.63) is 50.8 Å². The molecular weight excluding hydrogens is 507 g/mol. The third kappa shape index (κ3) is 4.15. The van der Waals surface area contributed by atoms with Crippen LogP contribution in [0.25, 0.3) is 11.1 Å². The van der Waals surface area contributed by atoms with Crippen LogP contribution < -0.4 is 5.73 Å². The first kappa shape index (κ1) is 24.7. The summed E-state index contributed by atoms with van der Waals surface area (Å²) in [7, 11) is -3.26. The molecule has 1 atom stereocenters. The van der Waals surface area contributed by atoms with E-state index < -0.39 is 10.0 Å². The second-order valence-corrected chi connectivity index (χ2v) is 11.7. The largest absolute Gasteiger partial charge is 0.328 e. The molecule has 0 spiro atoms. The molecule has 1 aliphatic carbocycles. The predicted octanol–water partition coefficient (Wildman–Crippen LogP) is 3.77. The number of fused-ring (bicyclic) bond motifs is 1. The maximum absolute atomic E-state index is 13.6. The highest BCUT2D eigenvalue weighted by Crippen LogP contribution is 2.41. The predicted molar refractivity (Wildman–Crippen MR) is 131 cm³/mol. The zero-order valence-electron chi connectivity index (χ0n) is 18.1. The molecule has 5 rings (SSSR count). The van der Waals surface area contributed by atoms with Crippen LogP contribution in [0.15, 0.2) is 18.2 Å². The van der Waals surface area contributed by atoms with Crippen LogP contribution in [-0.4, -0.2) is 52.9 Å². The molecule has 2 aliphatic heterocycles. The maximum Gasteiger partial charge on any atom is 0.257 e. The highest BCUT2D eigenvalue weighted by atomic mass is 35.5. The second kappa shape index (κ2) is 8.98. The van der Waals surface area contributed by atoms with E-state index in [4.69, 9.17) is 33.9 Å². The molecule has 2 N–H and O–H groups in total. The number of halogens is 3. The van der Waals surface area contributed by atoms with Crippen molar-refractivity contribution in [2.45, 2.75) is 50.6 Å². The molecule has 7 nitrogen and oxygen atoms in total. The minimum absolute atomic E-state index is 0. The van der Waals surface area contributed by atoms with Gasteiger partial charge in [-0.15, -0.1) is 12.4 Å². The smallest absolute Gasteiger partial charge is 0.257 e. The lowest BCUT2D eigenvalue weighted by molar-refractivity contribution is 0.0712. The van der Waals surface area contributed by atoms with Crippen LogP contribution in [0, 0.1) is 6.92 Å². The number of rotatable bonds is 5. The normalized spacial score (nSPS) is 20.8. The number of aromatic nitrogens is 1. The van der Waals surface area contributed by atoms with Crippen molar-refractivity contribution in [3.8, 4) is 11.1 Å². The monoisotopic (exact) mass is 530 g/mol. The van der Waals surface area contributed by atoms with E-state index in [9.17, 15) is 13.2 Å². The summed E-state index contributed by atoms with van der Waals surface area (Å²) in [5, 5.41) is 0.697. The summed E-state index contributed by atoms with van der Waals surface area (Å²) >= 11 is 12.6. The van der Waals surface area contributed by atoms with Gasteiger partial charge in [0.2, 0.25) is 10.0 Å². The summed E-state index contributed by atoms with van der Waals surface area (Å²) in [6, 6.07) is 5.00. The van der Waals surface area contributed by atoms with Gasteiger partial charge in [-0.1, -0.05) is 29.3 Å². The molecule has 178 valence electrons. The van der Waals surface area contributed by atoms with E-state index in [0.717, 1.165) is 24.1 Å². The fourth-order valence-electron chi connectivity index (χ4n) is 4.83. The Morgan fingerprint density at radius 2 is 1.91 bits per heavy atom. The summed E-state index contributed by atoms with van der Waals surface area (Å²) in [4.78, 5) is 20.1. The Bertz CT molecular complexity index is 1230. The van der Waals surface area contributed by atoms with Gasteiger partial charge in [-0.2, -0.15) is 4.31 Å². The third-order valence-corrected chi connectivity index (χ3v) is 9.56. The van der Waals surface area contributed by atoms with Gasteiger partial charge in [0.25, 0.3) is 5.91 Å². The van der Waals surface area contributed by atoms with Gasteiger partial charge < -0.3 is 10.6 Å². The highest BCUT2D eigenvalue weighted by molar-refractivity contribution is 7.90. The number of hydrogen-bond acceptors (Lipinski definition) is 5. The molecular formula is C22H25Cl3N4O3S. The van der Waals surface area contributed by atoms with Gasteiger partial charge in [-0.25, -0.2) is 8.42 Å². The van der Waals surface area contributed by atoms with Crippen molar-refractivity contribution in [2.24, 2.45) is 5.73 Å². The lowest BCUT2D eigenvalue weighted by Crippen LogP contribution is -2.39.